The summed E-state index contributed by atoms with van der Waals surface area (Å²) in [5.74, 6) is -3.89. The van der Waals surface area contributed by atoms with Crippen LogP contribution in [0.1, 0.15) is 12.8 Å². The molecule has 1 saturated carbocycles. The Balaban J connectivity index is 2.18. The Kier molecular flexibility index (Phi) is 3.77. The molecular weight excluding hydrogens is 288 g/mol. The van der Waals surface area contributed by atoms with Gasteiger partial charge >= 0.3 is 5.69 Å². The van der Waals surface area contributed by atoms with Crippen LogP contribution >= 0.6 is 0 Å². The van der Waals surface area contributed by atoms with E-state index < -0.39 is 46.0 Å². The van der Waals surface area contributed by atoms with E-state index in [9.17, 15) is 23.7 Å². The lowest BCUT2D eigenvalue weighted by atomic mass is 9.95. The quantitative estimate of drug-likeness (QED) is 0.595. The lowest BCUT2D eigenvalue weighted by molar-refractivity contribution is -0.387. The minimum absolute atomic E-state index is 0.166. The molecule has 1 aromatic carbocycles. The number of carbonyl (C=O) groups excluding carboxylic acids is 1. The number of carbonyl (C=O) groups is 1. The van der Waals surface area contributed by atoms with Gasteiger partial charge < -0.3 is 16.2 Å². The fourth-order valence-electron chi connectivity index (χ4n) is 1.95. The fraction of sp³-hybridized carbons (Fsp3) is 0.417. The highest BCUT2D eigenvalue weighted by Crippen LogP contribution is 2.38. The molecule has 1 unspecified atom stereocenters. The monoisotopic (exact) mass is 301 g/mol. The normalized spacial score (nSPS) is 17.1. The molecule has 1 atom stereocenters. The van der Waals surface area contributed by atoms with Crippen LogP contribution in [-0.2, 0) is 4.79 Å². The number of rotatable bonds is 6. The van der Waals surface area contributed by atoms with E-state index in [1.807, 2.05) is 0 Å². The Bertz CT molecular complexity index is 606. The lowest BCUT2D eigenvalue weighted by Gasteiger charge is -2.25. The summed E-state index contributed by atoms with van der Waals surface area (Å²) in [6.45, 7) is -0.429. The second kappa shape index (κ2) is 5.24. The average molecular weight is 301 g/mol. The number of benzene rings is 1. The van der Waals surface area contributed by atoms with Gasteiger partial charge in [0.05, 0.1) is 11.0 Å². The van der Waals surface area contributed by atoms with Crippen LogP contribution in [0.3, 0.4) is 0 Å². The number of hydrogen-bond donors (Lipinski definition) is 2. The zero-order valence-electron chi connectivity index (χ0n) is 10.8. The standard InChI is InChI=1S/C12H13F2N3O4/c13-7-4-10(8(14)3-9(7)17(19)20)21-5-12(16,11(15)18)6-1-2-6/h3-4,6H,1-2,5,16H2,(H2,15,18). The summed E-state index contributed by atoms with van der Waals surface area (Å²) in [7, 11) is 0. The van der Waals surface area contributed by atoms with Gasteiger partial charge in [-0.1, -0.05) is 0 Å². The Morgan fingerprint density at radius 2 is 2.05 bits per heavy atom. The number of halogens is 2. The molecule has 9 heteroatoms. The van der Waals surface area contributed by atoms with Crippen molar-refractivity contribution in [3.05, 3.63) is 33.9 Å². The molecule has 1 fully saturated rings. The minimum Gasteiger partial charge on any atom is -0.488 e. The maximum atomic E-state index is 13.6. The average Bonchev–Trinajstić information content (AvgIpc) is 3.23. The Morgan fingerprint density at radius 3 is 2.52 bits per heavy atom. The Morgan fingerprint density at radius 1 is 1.43 bits per heavy atom. The summed E-state index contributed by atoms with van der Waals surface area (Å²) in [5, 5.41) is 10.5. The molecule has 21 heavy (non-hydrogen) atoms. The van der Waals surface area contributed by atoms with Crippen molar-refractivity contribution in [3.63, 3.8) is 0 Å². The minimum atomic E-state index is -1.47. The first kappa shape index (κ1) is 15.1. The van der Waals surface area contributed by atoms with Crippen LogP contribution in [0.5, 0.6) is 5.75 Å². The number of primary amides is 1. The van der Waals surface area contributed by atoms with Gasteiger partial charge in [-0.15, -0.1) is 0 Å². The van der Waals surface area contributed by atoms with E-state index in [1.165, 1.54) is 0 Å². The number of nitrogens with zero attached hydrogens (tertiary/aromatic N) is 1. The molecule has 114 valence electrons. The molecule has 1 aliphatic rings. The topological polar surface area (TPSA) is 121 Å². The predicted octanol–water partition coefficient (Wildman–Crippen LogP) is 0.845. The third-order valence-electron chi connectivity index (χ3n) is 3.43. The molecule has 0 spiro atoms. The predicted molar refractivity (Wildman–Crippen MR) is 67.3 cm³/mol. The van der Waals surface area contributed by atoms with E-state index in [2.05, 4.69) is 0 Å². The molecule has 0 bridgehead atoms. The molecule has 0 aromatic heterocycles. The van der Waals surface area contributed by atoms with Gasteiger partial charge in [-0.05, 0) is 18.8 Å². The summed E-state index contributed by atoms with van der Waals surface area (Å²) in [4.78, 5) is 20.8. The first-order valence-corrected chi connectivity index (χ1v) is 6.10. The van der Waals surface area contributed by atoms with E-state index in [1.54, 1.807) is 0 Å². The summed E-state index contributed by atoms with van der Waals surface area (Å²) in [6.07, 6.45) is 1.39. The molecule has 0 saturated heterocycles. The molecular formula is C12H13F2N3O4. The van der Waals surface area contributed by atoms with Crippen LogP contribution in [0.2, 0.25) is 0 Å². The highest BCUT2D eigenvalue weighted by molar-refractivity contribution is 5.85. The van der Waals surface area contributed by atoms with Crippen LogP contribution in [0.15, 0.2) is 12.1 Å². The summed E-state index contributed by atoms with van der Waals surface area (Å²) < 4.78 is 32.1. The van der Waals surface area contributed by atoms with Crippen LogP contribution in [0, 0.1) is 27.7 Å². The van der Waals surface area contributed by atoms with Crippen molar-refractivity contribution >= 4 is 11.6 Å². The smallest absolute Gasteiger partial charge is 0.307 e. The first-order valence-electron chi connectivity index (χ1n) is 6.10. The number of amides is 1. The van der Waals surface area contributed by atoms with E-state index in [4.69, 9.17) is 16.2 Å². The van der Waals surface area contributed by atoms with Gasteiger partial charge in [0.15, 0.2) is 11.6 Å². The summed E-state index contributed by atoms with van der Waals surface area (Å²) in [6, 6.07) is 0.950. The molecule has 4 N–H and O–H groups in total. The van der Waals surface area contributed by atoms with Crippen molar-refractivity contribution in [2.45, 2.75) is 18.4 Å². The van der Waals surface area contributed by atoms with Crippen molar-refractivity contribution in [3.8, 4) is 5.75 Å². The van der Waals surface area contributed by atoms with Gasteiger partial charge in [0.25, 0.3) is 0 Å². The van der Waals surface area contributed by atoms with Crippen LogP contribution < -0.4 is 16.2 Å². The molecule has 7 nitrogen and oxygen atoms in total. The highest BCUT2D eigenvalue weighted by atomic mass is 19.1. The second-order valence-corrected chi connectivity index (χ2v) is 4.96. The van der Waals surface area contributed by atoms with Gasteiger partial charge in [-0.25, -0.2) is 4.39 Å². The number of nitro groups is 1. The molecule has 1 aromatic rings. The summed E-state index contributed by atoms with van der Waals surface area (Å²) in [5.41, 5.74) is 8.57. The van der Waals surface area contributed by atoms with E-state index in [-0.39, 0.29) is 5.92 Å². The maximum Gasteiger partial charge on any atom is 0.307 e. The lowest BCUT2D eigenvalue weighted by Crippen LogP contribution is -2.58. The van der Waals surface area contributed by atoms with Gasteiger partial charge in [0.1, 0.15) is 12.1 Å². The van der Waals surface area contributed by atoms with Gasteiger partial charge in [0.2, 0.25) is 11.7 Å². The van der Waals surface area contributed by atoms with Crippen molar-refractivity contribution in [2.75, 3.05) is 6.61 Å². The molecule has 2 rings (SSSR count). The van der Waals surface area contributed by atoms with E-state index in [0.717, 1.165) is 0 Å². The SMILES string of the molecule is NC(=O)C(N)(COc1cc(F)c([N+](=O)[O-])cc1F)C1CC1. The van der Waals surface area contributed by atoms with Crippen molar-refractivity contribution < 1.29 is 23.2 Å². The molecule has 0 heterocycles. The van der Waals surface area contributed by atoms with Gasteiger partial charge in [-0.3, -0.25) is 14.9 Å². The first-order chi connectivity index (χ1) is 9.75. The van der Waals surface area contributed by atoms with E-state index >= 15 is 0 Å². The molecule has 0 aliphatic heterocycles. The van der Waals surface area contributed by atoms with Crippen LogP contribution in [-0.4, -0.2) is 23.0 Å². The molecule has 1 amide bonds. The zero-order chi connectivity index (χ0) is 15.8. The number of nitro benzene ring substituents is 1. The maximum absolute atomic E-state index is 13.6. The van der Waals surface area contributed by atoms with Gasteiger partial charge in [0, 0.05) is 6.07 Å². The largest absolute Gasteiger partial charge is 0.488 e. The fourth-order valence-corrected chi connectivity index (χ4v) is 1.95. The van der Waals surface area contributed by atoms with Crippen LogP contribution in [0.25, 0.3) is 0 Å². The van der Waals surface area contributed by atoms with Crippen LogP contribution in [0.4, 0.5) is 14.5 Å². The molecule has 1 aliphatic carbocycles. The number of hydrogen-bond acceptors (Lipinski definition) is 5. The molecule has 0 radical (unpaired) electrons. The Hall–Kier alpha value is -2.29. The van der Waals surface area contributed by atoms with Crippen molar-refractivity contribution in [1.29, 1.82) is 0 Å². The second-order valence-electron chi connectivity index (χ2n) is 4.96. The highest BCUT2D eigenvalue weighted by Gasteiger charge is 2.47. The van der Waals surface area contributed by atoms with Crippen molar-refractivity contribution in [2.24, 2.45) is 17.4 Å². The number of ether oxygens (including phenoxy) is 1. The van der Waals surface area contributed by atoms with Crippen molar-refractivity contribution in [1.82, 2.24) is 0 Å². The zero-order valence-corrected chi connectivity index (χ0v) is 10.8. The number of nitrogens with two attached hydrogens (primary N) is 2. The van der Waals surface area contributed by atoms with E-state index in [0.29, 0.717) is 25.0 Å². The third kappa shape index (κ3) is 2.92. The Labute approximate surface area is 118 Å². The third-order valence-corrected chi connectivity index (χ3v) is 3.43. The van der Waals surface area contributed by atoms with Gasteiger partial charge in [-0.2, -0.15) is 4.39 Å². The summed E-state index contributed by atoms with van der Waals surface area (Å²) >= 11 is 0.